The maximum absolute atomic E-state index is 14.3. The lowest BCUT2D eigenvalue weighted by Gasteiger charge is -2.22. The smallest absolute Gasteiger partial charge is 0.312 e. The maximum atomic E-state index is 14.3. The van der Waals surface area contributed by atoms with Gasteiger partial charge in [-0.05, 0) is 67.1 Å². The van der Waals surface area contributed by atoms with E-state index in [2.05, 4.69) is 22.8 Å². The van der Waals surface area contributed by atoms with Crippen molar-refractivity contribution in [3.05, 3.63) is 59.4 Å². The molecule has 2 aromatic rings. The van der Waals surface area contributed by atoms with Crippen LogP contribution < -0.4 is 16.4 Å². The number of rotatable bonds is 5. The molecular formula is C20H24FN3O. The summed E-state index contributed by atoms with van der Waals surface area (Å²) in [7, 11) is 0. The molecule has 1 saturated heterocycles. The largest absolute Gasteiger partial charge is 0.352 e. The maximum Gasteiger partial charge on any atom is 0.312 e. The zero-order chi connectivity index (χ0) is 17.6. The van der Waals surface area contributed by atoms with E-state index >= 15 is 0 Å². The highest BCUT2D eigenvalue weighted by Gasteiger charge is 2.14. The van der Waals surface area contributed by atoms with Gasteiger partial charge in [-0.15, -0.1) is 0 Å². The average Bonchev–Trinajstić information content (AvgIpc) is 2.62. The summed E-state index contributed by atoms with van der Waals surface area (Å²) in [5, 5.41) is 5.92. The molecule has 0 spiro atoms. The number of carbonyl (C=O) groups is 1. The van der Waals surface area contributed by atoms with Crippen molar-refractivity contribution in [2.45, 2.75) is 25.8 Å². The van der Waals surface area contributed by atoms with E-state index in [1.54, 1.807) is 12.1 Å². The van der Waals surface area contributed by atoms with Crippen molar-refractivity contribution in [3.63, 3.8) is 0 Å². The van der Waals surface area contributed by atoms with Gasteiger partial charge in [0.1, 0.15) is 5.82 Å². The number of primary amides is 1. The molecule has 1 aliphatic rings. The molecule has 0 unspecified atom stereocenters. The molecule has 1 fully saturated rings. The third-order valence-electron chi connectivity index (χ3n) is 4.72. The number of halogens is 1. The highest BCUT2D eigenvalue weighted by Crippen LogP contribution is 2.27. The summed E-state index contributed by atoms with van der Waals surface area (Å²) in [5.74, 6) is 0.425. The summed E-state index contributed by atoms with van der Waals surface area (Å²) in [6.07, 6.45) is 3.40. The Kier molecular flexibility index (Phi) is 5.66. The van der Waals surface area contributed by atoms with Gasteiger partial charge in [-0.1, -0.05) is 30.3 Å². The molecule has 1 aliphatic heterocycles. The first kappa shape index (κ1) is 17.4. The Hall–Kier alpha value is -2.40. The van der Waals surface area contributed by atoms with Crippen LogP contribution in [-0.2, 0) is 13.0 Å². The molecule has 2 amide bonds. The second kappa shape index (κ2) is 8.12. The number of carbonyl (C=O) groups excluding carboxylic acids is 1. The highest BCUT2D eigenvalue weighted by molar-refractivity contribution is 5.72. The van der Waals surface area contributed by atoms with Crippen molar-refractivity contribution < 1.29 is 9.18 Å². The zero-order valence-corrected chi connectivity index (χ0v) is 14.2. The van der Waals surface area contributed by atoms with E-state index < -0.39 is 6.03 Å². The minimum Gasteiger partial charge on any atom is -0.352 e. The molecule has 4 nitrogen and oxygen atoms in total. The van der Waals surface area contributed by atoms with Crippen LogP contribution in [0.1, 0.15) is 24.0 Å². The number of amides is 2. The van der Waals surface area contributed by atoms with Crippen molar-refractivity contribution in [2.75, 3.05) is 13.1 Å². The molecule has 5 heteroatoms. The molecule has 0 aliphatic carbocycles. The normalized spacial score (nSPS) is 15.1. The van der Waals surface area contributed by atoms with E-state index in [1.807, 2.05) is 12.1 Å². The Balaban J connectivity index is 1.79. The van der Waals surface area contributed by atoms with Gasteiger partial charge in [0.2, 0.25) is 0 Å². The SMILES string of the molecule is NC(=O)NCc1ccc(F)c(-c2cccc(CC3CCNCC3)c2)c1. The van der Waals surface area contributed by atoms with Crippen molar-refractivity contribution in [1.82, 2.24) is 10.6 Å². The van der Waals surface area contributed by atoms with Gasteiger partial charge in [-0.25, -0.2) is 9.18 Å². The van der Waals surface area contributed by atoms with E-state index in [0.29, 0.717) is 11.5 Å². The second-order valence-electron chi connectivity index (χ2n) is 6.63. The zero-order valence-electron chi connectivity index (χ0n) is 14.2. The topological polar surface area (TPSA) is 67.2 Å². The molecule has 1 heterocycles. The Morgan fingerprint density at radius 1 is 1.16 bits per heavy atom. The number of nitrogens with two attached hydrogens (primary N) is 1. The lowest BCUT2D eigenvalue weighted by molar-refractivity contribution is 0.248. The summed E-state index contributed by atoms with van der Waals surface area (Å²) < 4.78 is 14.3. The Morgan fingerprint density at radius 2 is 1.96 bits per heavy atom. The van der Waals surface area contributed by atoms with Crippen LogP contribution in [0.2, 0.25) is 0 Å². The van der Waals surface area contributed by atoms with Crippen LogP contribution in [-0.4, -0.2) is 19.1 Å². The fourth-order valence-corrected chi connectivity index (χ4v) is 3.38. The monoisotopic (exact) mass is 341 g/mol. The van der Waals surface area contributed by atoms with Crippen molar-refractivity contribution in [2.24, 2.45) is 11.7 Å². The first-order valence-electron chi connectivity index (χ1n) is 8.73. The number of hydrogen-bond donors (Lipinski definition) is 3. The van der Waals surface area contributed by atoms with Gasteiger partial charge in [0.05, 0.1) is 0 Å². The number of hydrogen-bond acceptors (Lipinski definition) is 2. The molecule has 0 radical (unpaired) electrons. The molecule has 0 bridgehead atoms. The molecule has 25 heavy (non-hydrogen) atoms. The van der Waals surface area contributed by atoms with Crippen molar-refractivity contribution in [1.29, 1.82) is 0 Å². The summed E-state index contributed by atoms with van der Waals surface area (Å²) in [6.45, 7) is 2.44. The summed E-state index contributed by atoms with van der Waals surface area (Å²) in [5.41, 5.74) is 8.58. The lowest BCUT2D eigenvalue weighted by atomic mass is 9.90. The summed E-state index contributed by atoms with van der Waals surface area (Å²) >= 11 is 0. The number of urea groups is 1. The molecule has 0 saturated carbocycles. The van der Waals surface area contributed by atoms with E-state index in [-0.39, 0.29) is 12.4 Å². The molecular weight excluding hydrogens is 317 g/mol. The minimum absolute atomic E-state index is 0.262. The predicted molar refractivity (Wildman–Crippen MR) is 97.6 cm³/mol. The summed E-state index contributed by atoms with van der Waals surface area (Å²) in [4.78, 5) is 10.9. The third-order valence-corrected chi connectivity index (χ3v) is 4.72. The average molecular weight is 341 g/mol. The predicted octanol–water partition coefficient (Wildman–Crippen LogP) is 3.20. The second-order valence-corrected chi connectivity index (χ2v) is 6.63. The number of nitrogens with one attached hydrogen (secondary N) is 2. The Labute approximate surface area is 147 Å². The van der Waals surface area contributed by atoms with E-state index in [9.17, 15) is 9.18 Å². The fraction of sp³-hybridized carbons (Fsp3) is 0.350. The minimum atomic E-state index is -0.588. The van der Waals surface area contributed by atoms with Gasteiger partial charge >= 0.3 is 6.03 Å². The van der Waals surface area contributed by atoms with Crippen LogP contribution in [0.15, 0.2) is 42.5 Å². The first-order chi connectivity index (χ1) is 12.1. The molecule has 4 N–H and O–H groups in total. The third kappa shape index (κ3) is 4.79. The van der Waals surface area contributed by atoms with Crippen LogP contribution in [0.25, 0.3) is 11.1 Å². The lowest BCUT2D eigenvalue weighted by Crippen LogP contribution is -2.28. The summed E-state index contributed by atoms with van der Waals surface area (Å²) in [6, 6.07) is 12.4. The standard InChI is InChI=1S/C20H24FN3O/c21-19-5-4-16(13-24-20(22)25)12-18(19)17-3-1-2-15(11-17)10-14-6-8-23-9-7-14/h1-5,11-12,14,23H,6-10,13H2,(H3,22,24,25). The molecule has 0 atom stereocenters. The van der Waals surface area contributed by atoms with Gasteiger partial charge in [-0.2, -0.15) is 0 Å². The molecule has 3 rings (SSSR count). The van der Waals surface area contributed by atoms with Gasteiger partial charge in [-0.3, -0.25) is 0 Å². The molecule has 0 aromatic heterocycles. The van der Waals surface area contributed by atoms with E-state index in [4.69, 9.17) is 5.73 Å². The first-order valence-corrected chi connectivity index (χ1v) is 8.73. The molecule has 2 aromatic carbocycles. The van der Waals surface area contributed by atoms with Gasteiger partial charge in [0.25, 0.3) is 0 Å². The van der Waals surface area contributed by atoms with E-state index in [1.165, 1.54) is 24.5 Å². The number of benzene rings is 2. The van der Waals surface area contributed by atoms with Crippen molar-refractivity contribution >= 4 is 6.03 Å². The molecule has 132 valence electrons. The van der Waals surface area contributed by atoms with Crippen LogP contribution >= 0.6 is 0 Å². The van der Waals surface area contributed by atoms with Crippen molar-refractivity contribution in [3.8, 4) is 11.1 Å². The van der Waals surface area contributed by atoms with Gasteiger partial charge in [0, 0.05) is 12.1 Å². The van der Waals surface area contributed by atoms with Crippen LogP contribution in [0.5, 0.6) is 0 Å². The van der Waals surface area contributed by atoms with Gasteiger partial charge in [0.15, 0.2) is 0 Å². The Bertz CT molecular complexity index is 741. The Morgan fingerprint density at radius 3 is 2.72 bits per heavy atom. The van der Waals surface area contributed by atoms with Crippen LogP contribution in [0.3, 0.4) is 0 Å². The van der Waals surface area contributed by atoms with Crippen LogP contribution in [0.4, 0.5) is 9.18 Å². The quantitative estimate of drug-likeness (QED) is 0.782. The van der Waals surface area contributed by atoms with E-state index in [0.717, 1.165) is 30.6 Å². The van der Waals surface area contributed by atoms with Crippen LogP contribution in [0, 0.1) is 11.7 Å². The highest BCUT2D eigenvalue weighted by atomic mass is 19.1. The fourth-order valence-electron chi connectivity index (χ4n) is 3.38. The van der Waals surface area contributed by atoms with Gasteiger partial charge < -0.3 is 16.4 Å². The number of piperidine rings is 1.